The minimum Gasteiger partial charge on any atom is -0.462 e. The summed E-state index contributed by atoms with van der Waals surface area (Å²) in [6.45, 7) is 13.1. The third kappa shape index (κ3) is 5.12. The van der Waals surface area contributed by atoms with Crippen LogP contribution >= 0.6 is 11.6 Å². The van der Waals surface area contributed by atoms with Crippen molar-refractivity contribution >= 4 is 33.9 Å². The molecule has 6 rings (SSSR count). The Balaban J connectivity index is 1.33. The maximum Gasteiger partial charge on any atom is 0.318 e. The van der Waals surface area contributed by atoms with E-state index in [4.69, 9.17) is 32.9 Å². The molecule has 0 N–H and O–H groups in total. The predicted molar refractivity (Wildman–Crippen MR) is 153 cm³/mol. The number of aromatic nitrogens is 2. The molecule has 1 unspecified atom stereocenters. The summed E-state index contributed by atoms with van der Waals surface area (Å²) in [7, 11) is 2.17. The van der Waals surface area contributed by atoms with Crippen LogP contribution < -0.4 is 14.5 Å². The van der Waals surface area contributed by atoms with Crippen molar-refractivity contribution in [1.29, 1.82) is 0 Å². The van der Waals surface area contributed by atoms with Crippen LogP contribution in [0.1, 0.15) is 36.9 Å². The average molecular weight is 531 g/mol. The second-order valence-corrected chi connectivity index (χ2v) is 11.4. The van der Waals surface area contributed by atoms with Crippen LogP contribution in [0.3, 0.4) is 0 Å². The molecule has 2 atom stereocenters. The highest BCUT2D eigenvalue weighted by Gasteiger charge is 2.30. The molecular formula is C30H35ClN6O. The lowest BCUT2D eigenvalue weighted by molar-refractivity contribution is 0.187. The van der Waals surface area contributed by atoms with Gasteiger partial charge in [-0.15, -0.1) is 0 Å². The minimum absolute atomic E-state index is 0.392. The largest absolute Gasteiger partial charge is 0.462 e. The molecule has 7 nitrogen and oxygen atoms in total. The highest BCUT2D eigenvalue weighted by molar-refractivity contribution is 6.31. The molecule has 0 radical (unpaired) electrons. The van der Waals surface area contributed by atoms with E-state index in [1.807, 2.05) is 6.07 Å². The van der Waals surface area contributed by atoms with Crippen LogP contribution in [0, 0.1) is 12.5 Å². The van der Waals surface area contributed by atoms with Gasteiger partial charge in [-0.2, -0.15) is 9.97 Å². The van der Waals surface area contributed by atoms with Gasteiger partial charge >= 0.3 is 6.01 Å². The normalized spacial score (nSPS) is 21.9. The number of benzene rings is 2. The zero-order chi connectivity index (χ0) is 26.1. The van der Waals surface area contributed by atoms with Gasteiger partial charge in [0.1, 0.15) is 12.4 Å². The van der Waals surface area contributed by atoms with E-state index in [1.165, 1.54) is 23.1 Å². The number of ether oxygens (including phenoxy) is 1. The van der Waals surface area contributed by atoms with Crippen LogP contribution in [-0.2, 0) is 13.0 Å². The van der Waals surface area contributed by atoms with Crippen molar-refractivity contribution in [3.63, 3.8) is 0 Å². The van der Waals surface area contributed by atoms with E-state index in [1.54, 1.807) is 0 Å². The summed E-state index contributed by atoms with van der Waals surface area (Å²) in [6.07, 6.45) is 5.43. The minimum atomic E-state index is 0.392. The number of likely N-dealkylation sites (N-methyl/N-ethyl adjacent to an activating group) is 1. The molecule has 198 valence electrons. The second-order valence-electron chi connectivity index (χ2n) is 11.0. The Morgan fingerprint density at radius 3 is 2.82 bits per heavy atom. The molecule has 0 bridgehead atoms. The Morgan fingerprint density at radius 1 is 1.08 bits per heavy atom. The van der Waals surface area contributed by atoms with E-state index in [2.05, 4.69) is 56.9 Å². The standard InChI is InChI=1S/C30H35ClN6O/c1-32-17-21-6-4-14-37(18-21)29-25-12-15-36(28-9-3-7-22-10-11-23(31)16-26(22)28)19-27(25)33-30(34-29)38-20-24-8-5-13-35(24)2/h3,7,9-11,16,21,24H,4-6,8,12-15,17-20H2,2H3/t21?,24-/m0/s1. The Kier molecular flexibility index (Phi) is 7.27. The third-order valence-electron chi connectivity index (χ3n) is 8.43. The molecule has 0 spiro atoms. The zero-order valence-electron chi connectivity index (χ0n) is 22.1. The molecular weight excluding hydrogens is 496 g/mol. The highest BCUT2D eigenvalue weighted by atomic mass is 35.5. The first-order valence-electron chi connectivity index (χ1n) is 13.8. The lowest BCUT2D eigenvalue weighted by atomic mass is 9.96. The van der Waals surface area contributed by atoms with Gasteiger partial charge in [-0.1, -0.05) is 29.8 Å². The molecule has 4 heterocycles. The quantitative estimate of drug-likeness (QED) is 0.395. The number of nitrogens with zero attached hydrogens (tertiary/aromatic N) is 6. The summed E-state index contributed by atoms with van der Waals surface area (Å²) < 4.78 is 6.28. The molecule has 0 aliphatic carbocycles. The van der Waals surface area contributed by atoms with Gasteiger partial charge in [-0.3, -0.25) is 0 Å². The smallest absolute Gasteiger partial charge is 0.318 e. The van der Waals surface area contributed by atoms with Crippen molar-refractivity contribution in [3.05, 3.63) is 64.1 Å². The Morgan fingerprint density at radius 2 is 1.97 bits per heavy atom. The first-order chi connectivity index (χ1) is 18.6. The lowest BCUT2D eigenvalue weighted by Gasteiger charge is -2.36. The topological polar surface area (TPSA) is 49.1 Å². The predicted octanol–water partition coefficient (Wildman–Crippen LogP) is 5.45. The number of hydrogen-bond acceptors (Lipinski definition) is 6. The zero-order valence-corrected chi connectivity index (χ0v) is 22.8. The van der Waals surface area contributed by atoms with E-state index in [9.17, 15) is 0 Å². The molecule has 2 fully saturated rings. The number of hydrogen-bond donors (Lipinski definition) is 0. The fraction of sp³-hybridized carbons (Fsp3) is 0.500. The Labute approximate surface area is 230 Å². The number of piperidine rings is 1. The summed E-state index contributed by atoms with van der Waals surface area (Å²) >= 11 is 6.39. The summed E-state index contributed by atoms with van der Waals surface area (Å²) in [5, 5.41) is 3.10. The number of anilines is 2. The maximum atomic E-state index is 7.37. The molecule has 0 amide bonds. The van der Waals surface area contributed by atoms with Crippen LogP contribution in [0.15, 0.2) is 36.4 Å². The van der Waals surface area contributed by atoms with Crippen LogP contribution in [0.4, 0.5) is 11.5 Å². The van der Waals surface area contributed by atoms with Crippen molar-refractivity contribution in [2.75, 3.05) is 56.2 Å². The monoisotopic (exact) mass is 530 g/mol. The maximum absolute atomic E-state index is 7.37. The second kappa shape index (κ2) is 11.0. The van der Waals surface area contributed by atoms with Gasteiger partial charge in [0, 0.05) is 53.3 Å². The van der Waals surface area contributed by atoms with Gasteiger partial charge in [0.15, 0.2) is 0 Å². The van der Waals surface area contributed by atoms with E-state index < -0.39 is 0 Å². The van der Waals surface area contributed by atoms with Crippen molar-refractivity contribution < 1.29 is 4.74 Å². The van der Waals surface area contributed by atoms with Gasteiger partial charge < -0.3 is 24.3 Å². The van der Waals surface area contributed by atoms with Gasteiger partial charge in [0.25, 0.3) is 0 Å². The van der Waals surface area contributed by atoms with Crippen LogP contribution in [-0.4, -0.2) is 67.3 Å². The summed E-state index contributed by atoms with van der Waals surface area (Å²) in [6, 6.07) is 13.4. The molecule has 3 aliphatic rings. The third-order valence-corrected chi connectivity index (χ3v) is 8.66. The molecule has 1 aromatic heterocycles. The molecule has 38 heavy (non-hydrogen) atoms. The number of likely N-dealkylation sites (tertiary alicyclic amines) is 1. The summed E-state index contributed by atoms with van der Waals surface area (Å²) in [5.41, 5.74) is 3.46. The number of halogens is 1. The number of rotatable bonds is 6. The molecule has 8 heteroatoms. The molecule has 2 aromatic carbocycles. The fourth-order valence-electron chi connectivity index (χ4n) is 6.32. The van der Waals surface area contributed by atoms with Crippen LogP contribution in [0.25, 0.3) is 15.6 Å². The molecule has 3 aromatic rings. The van der Waals surface area contributed by atoms with Crippen LogP contribution in [0.2, 0.25) is 5.02 Å². The van der Waals surface area contributed by atoms with E-state index >= 15 is 0 Å². The van der Waals surface area contributed by atoms with E-state index in [0.29, 0.717) is 37.7 Å². The van der Waals surface area contributed by atoms with Gasteiger partial charge in [-0.25, -0.2) is 6.57 Å². The van der Waals surface area contributed by atoms with Gasteiger partial charge in [0.05, 0.1) is 12.2 Å². The summed E-state index contributed by atoms with van der Waals surface area (Å²) in [4.78, 5) is 20.9. The van der Waals surface area contributed by atoms with Gasteiger partial charge in [0.2, 0.25) is 6.54 Å². The van der Waals surface area contributed by atoms with Crippen molar-refractivity contribution in [2.45, 2.75) is 44.7 Å². The van der Waals surface area contributed by atoms with Crippen molar-refractivity contribution in [1.82, 2.24) is 14.9 Å². The van der Waals surface area contributed by atoms with Crippen molar-refractivity contribution in [3.8, 4) is 6.01 Å². The number of fused-ring (bicyclic) bond motifs is 2. The van der Waals surface area contributed by atoms with Gasteiger partial charge in [-0.05, 0) is 69.3 Å². The van der Waals surface area contributed by atoms with Crippen LogP contribution in [0.5, 0.6) is 6.01 Å². The summed E-state index contributed by atoms with van der Waals surface area (Å²) in [5.74, 6) is 1.41. The SMILES string of the molecule is [C-]#[N+]CC1CCCN(c2nc(OC[C@@H]3CCCN3C)nc3c2CCN(c2cccc4ccc(Cl)cc24)C3)C1. The molecule has 0 saturated carbocycles. The Bertz CT molecular complexity index is 1360. The highest BCUT2D eigenvalue weighted by Crippen LogP contribution is 2.36. The first kappa shape index (κ1) is 25.2. The molecule has 2 saturated heterocycles. The first-order valence-corrected chi connectivity index (χ1v) is 14.2. The Hall–Kier alpha value is -3.08. The van der Waals surface area contributed by atoms with E-state index in [0.717, 1.165) is 73.8 Å². The molecule has 3 aliphatic heterocycles. The van der Waals surface area contributed by atoms with Crippen molar-refractivity contribution in [2.24, 2.45) is 5.92 Å². The lowest BCUT2D eigenvalue weighted by Crippen LogP contribution is -2.39. The average Bonchev–Trinajstić information content (AvgIpc) is 3.35. The van der Waals surface area contributed by atoms with E-state index in [-0.39, 0.29) is 0 Å². The fourth-order valence-corrected chi connectivity index (χ4v) is 6.49.